The molecule has 2 aromatic rings. The lowest BCUT2D eigenvalue weighted by Gasteiger charge is -2.10. The number of aryl methyl sites for hydroxylation is 1. The fourth-order valence-electron chi connectivity index (χ4n) is 1.91. The predicted octanol–water partition coefficient (Wildman–Crippen LogP) is 2.46. The summed E-state index contributed by atoms with van der Waals surface area (Å²) in [6.45, 7) is 0.966. The molecule has 0 atom stereocenters. The van der Waals surface area contributed by atoms with E-state index in [2.05, 4.69) is 35.4 Å². The van der Waals surface area contributed by atoms with E-state index in [0.717, 1.165) is 35.3 Å². The molecule has 6 heteroatoms. The Labute approximate surface area is 115 Å². The number of fused-ring (bicyclic) bond motifs is 1. The van der Waals surface area contributed by atoms with Crippen molar-refractivity contribution in [3.63, 3.8) is 0 Å². The molecule has 0 unspecified atom stereocenters. The second kappa shape index (κ2) is 6.13. The van der Waals surface area contributed by atoms with Gasteiger partial charge in [0.05, 0.1) is 6.33 Å². The third kappa shape index (κ3) is 2.80. The standard InChI is InChI=1S/C12H18BrN5/c1-17(2)11-10-12(15-8-14-11)18(9-16-10)7-5-3-4-6-13/h8-9H,3-7H2,1-2H3. The molecule has 0 saturated heterocycles. The number of nitrogens with zero attached hydrogens (tertiary/aromatic N) is 5. The Balaban J connectivity index is 2.18. The van der Waals surface area contributed by atoms with Gasteiger partial charge < -0.3 is 9.47 Å². The molecule has 0 radical (unpaired) electrons. The Morgan fingerprint density at radius 1 is 1.17 bits per heavy atom. The van der Waals surface area contributed by atoms with Crippen LogP contribution in [0.5, 0.6) is 0 Å². The SMILES string of the molecule is CN(C)c1ncnc2c1ncn2CCCCCBr. The Kier molecular flexibility index (Phi) is 4.52. The first kappa shape index (κ1) is 13.3. The van der Waals surface area contributed by atoms with E-state index in [1.54, 1.807) is 6.33 Å². The van der Waals surface area contributed by atoms with E-state index in [1.807, 2.05) is 25.3 Å². The van der Waals surface area contributed by atoms with Gasteiger partial charge in [0.25, 0.3) is 0 Å². The van der Waals surface area contributed by atoms with Crippen LogP contribution >= 0.6 is 15.9 Å². The molecule has 0 aliphatic carbocycles. The van der Waals surface area contributed by atoms with Crippen molar-refractivity contribution in [2.45, 2.75) is 25.8 Å². The van der Waals surface area contributed by atoms with Gasteiger partial charge in [-0.25, -0.2) is 15.0 Å². The Bertz CT molecular complexity index is 508. The van der Waals surface area contributed by atoms with Crippen molar-refractivity contribution >= 4 is 32.9 Å². The molecular formula is C12H18BrN5. The third-order valence-electron chi connectivity index (χ3n) is 2.84. The normalized spacial score (nSPS) is 11.1. The van der Waals surface area contributed by atoms with Crippen LogP contribution in [-0.2, 0) is 6.54 Å². The second-order valence-corrected chi connectivity index (χ2v) is 5.24. The zero-order valence-electron chi connectivity index (χ0n) is 10.8. The monoisotopic (exact) mass is 311 g/mol. The fraction of sp³-hybridized carbons (Fsp3) is 0.583. The van der Waals surface area contributed by atoms with E-state index in [-0.39, 0.29) is 0 Å². The van der Waals surface area contributed by atoms with E-state index in [9.17, 15) is 0 Å². The van der Waals surface area contributed by atoms with Gasteiger partial charge in [-0.1, -0.05) is 22.4 Å². The minimum absolute atomic E-state index is 0.874. The number of anilines is 1. The van der Waals surface area contributed by atoms with E-state index in [4.69, 9.17) is 0 Å². The maximum atomic E-state index is 4.43. The average Bonchev–Trinajstić information content (AvgIpc) is 2.77. The molecule has 0 bridgehead atoms. The van der Waals surface area contributed by atoms with Gasteiger partial charge in [0.15, 0.2) is 17.0 Å². The van der Waals surface area contributed by atoms with Crippen LogP contribution in [0, 0.1) is 0 Å². The van der Waals surface area contributed by atoms with Crippen LogP contribution in [0.4, 0.5) is 5.82 Å². The molecule has 2 aromatic heterocycles. The number of unbranched alkanes of at least 4 members (excludes halogenated alkanes) is 2. The van der Waals surface area contributed by atoms with Crippen molar-refractivity contribution in [2.75, 3.05) is 24.3 Å². The lowest BCUT2D eigenvalue weighted by Crippen LogP contribution is -2.11. The summed E-state index contributed by atoms with van der Waals surface area (Å²) < 4.78 is 2.11. The van der Waals surface area contributed by atoms with Crippen molar-refractivity contribution in [2.24, 2.45) is 0 Å². The predicted molar refractivity (Wildman–Crippen MR) is 77.3 cm³/mol. The van der Waals surface area contributed by atoms with E-state index in [1.165, 1.54) is 12.8 Å². The number of alkyl halides is 1. The summed E-state index contributed by atoms with van der Waals surface area (Å²) >= 11 is 3.45. The van der Waals surface area contributed by atoms with Gasteiger partial charge in [0.2, 0.25) is 0 Å². The minimum Gasteiger partial charge on any atom is -0.361 e. The highest BCUT2D eigenvalue weighted by atomic mass is 79.9. The van der Waals surface area contributed by atoms with Crippen LogP contribution in [0.15, 0.2) is 12.7 Å². The Hall–Kier alpha value is -1.17. The number of hydrogen-bond donors (Lipinski definition) is 0. The smallest absolute Gasteiger partial charge is 0.165 e. The Morgan fingerprint density at radius 2 is 2.00 bits per heavy atom. The minimum atomic E-state index is 0.874. The van der Waals surface area contributed by atoms with E-state index >= 15 is 0 Å². The lowest BCUT2D eigenvalue weighted by molar-refractivity contribution is 0.613. The van der Waals surface area contributed by atoms with Crippen molar-refractivity contribution in [3.8, 4) is 0 Å². The third-order valence-corrected chi connectivity index (χ3v) is 3.40. The number of rotatable bonds is 6. The molecule has 18 heavy (non-hydrogen) atoms. The Morgan fingerprint density at radius 3 is 2.72 bits per heavy atom. The maximum absolute atomic E-state index is 4.43. The molecule has 0 aliphatic heterocycles. The van der Waals surface area contributed by atoms with Crippen LogP contribution in [0.3, 0.4) is 0 Å². The van der Waals surface area contributed by atoms with Crippen molar-refractivity contribution in [1.29, 1.82) is 0 Å². The molecule has 0 aliphatic rings. The molecular weight excluding hydrogens is 294 g/mol. The number of halogens is 1. The zero-order chi connectivity index (χ0) is 13.0. The molecule has 0 N–H and O–H groups in total. The number of aromatic nitrogens is 4. The van der Waals surface area contributed by atoms with Crippen molar-refractivity contribution in [3.05, 3.63) is 12.7 Å². The van der Waals surface area contributed by atoms with Crippen molar-refractivity contribution < 1.29 is 0 Å². The van der Waals surface area contributed by atoms with Crippen molar-refractivity contribution in [1.82, 2.24) is 19.5 Å². The maximum Gasteiger partial charge on any atom is 0.165 e. The van der Waals surface area contributed by atoms with Crippen LogP contribution in [0.25, 0.3) is 11.2 Å². The van der Waals surface area contributed by atoms with E-state index < -0.39 is 0 Å². The lowest BCUT2D eigenvalue weighted by atomic mass is 10.2. The highest BCUT2D eigenvalue weighted by Gasteiger charge is 2.10. The quantitative estimate of drug-likeness (QED) is 0.607. The van der Waals surface area contributed by atoms with Crippen LogP contribution < -0.4 is 4.90 Å². The van der Waals surface area contributed by atoms with Crippen LogP contribution in [0.2, 0.25) is 0 Å². The number of imidazole rings is 1. The van der Waals surface area contributed by atoms with Gasteiger partial charge >= 0.3 is 0 Å². The average molecular weight is 312 g/mol. The van der Waals surface area contributed by atoms with E-state index in [0.29, 0.717) is 0 Å². The van der Waals surface area contributed by atoms with Gasteiger partial charge in [0, 0.05) is 26.0 Å². The number of hydrogen-bond acceptors (Lipinski definition) is 4. The fourth-order valence-corrected chi connectivity index (χ4v) is 2.31. The summed E-state index contributed by atoms with van der Waals surface area (Å²) in [5, 5.41) is 1.07. The molecule has 0 amide bonds. The summed E-state index contributed by atoms with van der Waals surface area (Å²) in [4.78, 5) is 15.0. The summed E-state index contributed by atoms with van der Waals surface area (Å²) in [6, 6.07) is 0. The summed E-state index contributed by atoms with van der Waals surface area (Å²) in [5.41, 5.74) is 1.80. The van der Waals surface area contributed by atoms with Gasteiger partial charge in [-0.3, -0.25) is 0 Å². The topological polar surface area (TPSA) is 46.8 Å². The van der Waals surface area contributed by atoms with Gasteiger partial charge in [0.1, 0.15) is 6.33 Å². The molecule has 0 saturated carbocycles. The second-order valence-electron chi connectivity index (χ2n) is 4.45. The summed E-state index contributed by atoms with van der Waals surface area (Å²) in [5.74, 6) is 0.874. The zero-order valence-corrected chi connectivity index (χ0v) is 12.4. The summed E-state index contributed by atoms with van der Waals surface area (Å²) in [7, 11) is 3.94. The first-order valence-electron chi connectivity index (χ1n) is 6.13. The highest BCUT2D eigenvalue weighted by molar-refractivity contribution is 9.09. The molecule has 2 heterocycles. The van der Waals surface area contributed by atoms with Gasteiger partial charge in [-0.05, 0) is 12.8 Å². The first-order valence-corrected chi connectivity index (χ1v) is 7.25. The molecule has 0 spiro atoms. The van der Waals surface area contributed by atoms with Gasteiger partial charge in [-0.2, -0.15) is 0 Å². The molecule has 0 aromatic carbocycles. The first-order chi connectivity index (χ1) is 8.74. The molecule has 5 nitrogen and oxygen atoms in total. The molecule has 2 rings (SSSR count). The summed E-state index contributed by atoms with van der Waals surface area (Å²) in [6.07, 6.45) is 7.05. The van der Waals surface area contributed by atoms with Crippen LogP contribution in [-0.4, -0.2) is 38.9 Å². The molecule has 0 fully saturated rings. The highest BCUT2D eigenvalue weighted by Crippen LogP contribution is 2.19. The molecule has 98 valence electrons. The van der Waals surface area contributed by atoms with Crippen LogP contribution in [0.1, 0.15) is 19.3 Å². The van der Waals surface area contributed by atoms with Gasteiger partial charge in [-0.15, -0.1) is 0 Å². The largest absolute Gasteiger partial charge is 0.361 e.